The molecule has 0 aliphatic carbocycles. The number of nitrogens with zero attached hydrogens (tertiary/aromatic N) is 2. The van der Waals surface area contributed by atoms with E-state index in [1.165, 1.54) is 17.4 Å². The van der Waals surface area contributed by atoms with Crippen LogP contribution in [0.2, 0.25) is 5.02 Å². The van der Waals surface area contributed by atoms with Gasteiger partial charge in [-0.2, -0.15) is 0 Å². The van der Waals surface area contributed by atoms with Gasteiger partial charge in [-0.05, 0) is 35.9 Å². The number of hydrogen-bond acceptors (Lipinski definition) is 5. The van der Waals surface area contributed by atoms with Crippen molar-refractivity contribution < 1.29 is 14.3 Å². The molecule has 8 heteroatoms. The van der Waals surface area contributed by atoms with Crippen molar-refractivity contribution in [1.82, 2.24) is 4.90 Å². The molecule has 2 amide bonds. The molecule has 2 aliphatic heterocycles. The van der Waals surface area contributed by atoms with Gasteiger partial charge in [0.2, 0.25) is 11.8 Å². The second-order valence-electron chi connectivity index (χ2n) is 7.46. The summed E-state index contributed by atoms with van der Waals surface area (Å²) in [5.74, 6) is -0.219. The summed E-state index contributed by atoms with van der Waals surface area (Å²) in [6.45, 7) is 3.81. The first-order chi connectivity index (χ1) is 14.5. The van der Waals surface area contributed by atoms with Crippen molar-refractivity contribution in [3.05, 3.63) is 53.1 Å². The molecule has 2 aromatic carbocycles. The average molecular weight is 446 g/mol. The lowest BCUT2D eigenvalue weighted by Crippen LogP contribution is -2.36. The second kappa shape index (κ2) is 9.29. The minimum absolute atomic E-state index is 0.0580. The van der Waals surface area contributed by atoms with Gasteiger partial charge in [-0.3, -0.25) is 9.59 Å². The van der Waals surface area contributed by atoms with Crippen LogP contribution in [0, 0.1) is 0 Å². The zero-order valence-electron chi connectivity index (χ0n) is 16.8. The molecule has 2 aromatic rings. The third-order valence-corrected chi connectivity index (χ3v) is 6.79. The van der Waals surface area contributed by atoms with Crippen molar-refractivity contribution in [3.8, 4) is 0 Å². The maximum atomic E-state index is 12.7. The minimum Gasteiger partial charge on any atom is -0.378 e. The number of amides is 2. The lowest BCUT2D eigenvalue weighted by Gasteiger charge is -2.29. The summed E-state index contributed by atoms with van der Waals surface area (Å²) >= 11 is 7.40. The molecule has 30 heavy (non-hydrogen) atoms. The van der Waals surface area contributed by atoms with Crippen LogP contribution in [0.3, 0.4) is 0 Å². The molecule has 0 aromatic heterocycles. The number of morpholine rings is 1. The molecule has 4 rings (SSSR count). The van der Waals surface area contributed by atoms with E-state index < -0.39 is 5.25 Å². The van der Waals surface area contributed by atoms with Gasteiger partial charge in [0.05, 0.1) is 24.2 Å². The van der Waals surface area contributed by atoms with E-state index in [-0.39, 0.29) is 18.2 Å². The van der Waals surface area contributed by atoms with Crippen molar-refractivity contribution in [1.29, 1.82) is 0 Å². The Kier molecular flexibility index (Phi) is 6.51. The summed E-state index contributed by atoms with van der Waals surface area (Å²) in [4.78, 5) is 30.0. The van der Waals surface area contributed by atoms with Crippen LogP contribution >= 0.6 is 23.4 Å². The van der Waals surface area contributed by atoms with Crippen molar-refractivity contribution >= 4 is 46.6 Å². The van der Waals surface area contributed by atoms with E-state index in [9.17, 15) is 9.59 Å². The molecule has 158 valence electrons. The first-order valence-corrected chi connectivity index (χ1v) is 11.2. The zero-order valence-corrected chi connectivity index (χ0v) is 18.3. The number of anilines is 2. The topological polar surface area (TPSA) is 61.9 Å². The molecule has 0 saturated carbocycles. The van der Waals surface area contributed by atoms with E-state index in [0.29, 0.717) is 17.3 Å². The fourth-order valence-corrected chi connectivity index (χ4v) is 4.82. The van der Waals surface area contributed by atoms with Gasteiger partial charge in [-0.1, -0.05) is 23.7 Å². The summed E-state index contributed by atoms with van der Waals surface area (Å²) in [7, 11) is 1.78. The zero-order chi connectivity index (χ0) is 21.1. The molecule has 2 aliphatic rings. The van der Waals surface area contributed by atoms with E-state index in [2.05, 4.69) is 34.5 Å². The number of rotatable bonds is 5. The van der Waals surface area contributed by atoms with Crippen molar-refractivity contribution in [2.24, 2.45) is 0 Å². The molecular weight excluding hydrogens is 422 g/mol. The Bertz CT molecular complexity index is 932. The number of ether oxygens (including phenoxy) is 1. The number of hydrogen-bond donors (Lipinski definition) is 1. The number of thioether (sulfide) groups is 1. The molecule has 1 saturated heterocycles. The molecule has 0 unspecified atom stereocenters. The number of halogens is 1. The number of carbonyl (C=O) groups is 2. The van der Waals surface area contributed by atoms with E-state index in [0.717, 1.165) is 36.8 Å². The number of nitrogens with one attached hydrogen (secondary N) is 1. The third kappa shape index (κ3) is 4.91. The Hall–Kier alpha value is -2.22. The van der Waals surface area contributed by atoms with Crippen LogP contribution in [0.5, 0.6) is 0 Å². The van der Waals surface area contributed by atoms with Crippen molar-refractivity contribution in [2.75, 3.05) is 43.6 Å². The van der Waals surface area contributed by atoms with Gasteiger partial charge in [0.1, 0.15) is 0 Å². The van der Waals surface area contributed by atoms with Gasteiger partial charge in [-0.15, -0.1) is 11.8 Å². The molecular formula is C22H24ClN3O3S. The Balaban J connectivity index is 1.33. The predicted octanol–water partition coefficient (Wildman–Crippen LogP) is 3.64. The summed E-state index contributed by atoms with van der Waals surface area (Å²) < 4.78 is 5.40. The lowest BCUT2D eigenvalue weighted by atomic mass is 10.1. The molecule has 1 fully saturated rings. The van der Waals surface area contributed by atoms with Crippen molar-refractivity contribution in [2.45, 2.75) is 23.1 Å². The number of fused-ring (bicyclic) bond motifs is 1. The lowest BCUT2D eigenvalue weighted by molar-refractivity contribution is -0.131. The molecule has 1 N–H and O–H groups in total. The van der Waals surface area contributed by atoms with Crippen LogP contribution in [0.1, 0.15) is 12.0 Å². The van der Waals surface area contributed by atoms with E-state index in [1.54, 1.807) is 24.1 Å². The molecule has 0 spiro atoms. The van der Waals surface area contributed by atoms with Crippen LogP contribution in [0.15, 0.2) is 47.4 Å². The monoisotopic (exact) mass is 445 g/mol. The Morgan fingerprint density at radius 3 is 2.70 bits per heavy atom. The maximum absolute atomic E-state index is 12.7. The Morgan fingerprint density at radius 2 is 1.97 bits per heavy atom. The van der Waals surface area contributed by atoms with Gasteiger partial charge >= 0.3 is 0 Å². The molecule has 1 atom stereocenters. The largest absolute Gasteiger partial charge is 0.378 e. The fraction of sp³-hybridized carbons (Fsp3) is 0.364. The quantitative estimate of drug-likeness (QED) is 0.761. The van der Waals surface area contributed by atoms with Crippen molar-refractivity contribution in [3.63, 3.8) is 0 Å². The highest BCUT2D eigenvalue weighted by Crippen LogP contribution is 2.38. The second-order valence-corrected chi connectivity index (χ2v) is 9.14. The fourth-order valence-electron chi connectivity index (χ4n) is 3.57. The van der Waals surface area contributed by atoms with Gasteiger partial charge in [-0.25, -0.2) is 0 Å². The first-order valence-electron chi connectivity index (χ1n) is 9.92. The molecule has 2 heterocycles. The summed E-state index contributed by atoms with van der Waals surface area (Å²) in [5.41, 5.74) is 2.93. The van der Waals surface area contributed by atoms with Gasteiger partial charge in [0, 0.05) is 48.7 Å². The highest BCUT2D eigenvalue weighted by molar-refractivity contribution is 8.01. The normalized spacial score (nSPS) is 18.5. The van der Waals surface area contributed by atoms with Crippen LogP contribution in [-0.2, 0) is 20.9 Å². The highest BCUT2D eigenvalue weighted by Gasteiger charge is 2.30. The third-order valence-electron chi connectivity index (χ3n) is 5.28. The van der Waals surface area contributed by atoms with Crippen LogP contribution in [0.25, 0.3) is 0 Å². The standard InChI is InChI=1S/C22H24ClN3O3S/c1-25(14-15-2-5-17(6-3-15)26-8-10-29-11-9-26)21(27)13-20-22(28)24-18-12-16(23)4-7-19(18)30-20/h2-7,12,20H,8-11,13-14H2,1H3,(H,24,28)/t20-/m1/s1. The van der Waals surface area contributed by atoms with E-state index >= 15 is 0 Å². The van der Waals surface area contributed by atoms with Crippen LogP contribution < -0.4 is 10.2 Å². The Labute approximate surface area is 185 Å². The van der Waals surface area contributed by atoms with Crippen LogP contribution in [0.4, 0.5) is 11.4 Å². The SMILES string of the molecule is CN(Cc1ccc(N2CCOCC2)cc1)C(=O)C[C@H]1Sc2ccc(Cl)cc2NC1=O. The molecule has 6 nitrogen and oxygen atoms in total. The minimum atomic E-state index is -0.447. The first kappa shape index (κ1) is 21.0. The van der Waals surface area contributed by atoms with E-state index in [4.69, 9.17) is 16.3 Å². The number of carbonyl (C=O) groups excluding carboxylic acids is 2. The molecule has 0 bridgehead atoms. The van der Waals surface area contributed by atoms with Crippen LogP contribution in [-0.4, -0.2) is 55.3 Å². The molecule has 0 radical (unpaired) electrons. The van der Waals surface area contributed by atoms with Gasteiger partial charge < -0.3 is 19.9 Å². The average Bonchev–Trinajstić information content (AvgIpc) is 2.75. The highest BCUT2D eigenvalue weighted by atomic mass is 35.5. The smallest absolute Gasteiger partial charge is 0.238 e. The van der Waals surface area contributed by atoms with Gasteiger partial charge in [0.25, 0.3) is 0 Å². The summed E-state index contributed by atoms with van der Waals surface area (Å²) in [5, 5.41) is 2.98. The van der Waals surface area contributed by atoms with Gasteiger partial charge in [0.15, 0.2) is 0 Å². The summed E-state index contributed by atoms with van der Waals surface area (Å²) in [6, 6.07) is 13.7. The summed E-state index contributed by atoms with van der Waals surface area (Å²) in [6.07, 6.45) is 0.154. The predicted molar refractivity (Wildman–Crippen MR) is 120 cm³/mol. The number of benzene rings is 2. The Morgan fingerprint density at radius 1 is 1.23 bits per heavy atom. The maximum Gasteiger partial charge on any atom is 0.238 e. The van der Waals surface area contributed by atoms with E-state index in [1.807, 2.05) is 6.07 Å².